The van der Waals surface area contributed by atoms with Crippen molar-refractivity contribution in [2.45, 2.75) is 31.4 Å². The summed E-state index contributed by atoms with van der Waals surface area (Å²) in [6.07, 6.45) is 0. The summed E-state index contributed by atoms with van der Waals surface area (Å²) < 4.78 is 0. The van der Waals surface area contributed by atoms with Gasteiger partial charge >= 0.3 is 0 Å². The van der Waals surface area contributed by atoms with Crippen molar-refractivity contribution in [3.8, 4) is 0 Å². The van der Waals surface area contributed by atoms with Crippen molar-refractivity contribution in [2.75, 3.05) is 5.32 Å². The molecular formula is C14H16N2OS2. The van der Waals surface area contributed by atoms with Gasteiger partial charge in [0.15, 0.2) is 5.13 Å². The number of nitrogens with zero attached hydrogens (tertiary/aromatic N) is 1. The van der Waals surface area contributed by atoms with E-state index < -0.39 is 0 Å². The second-order valence-electron chi connectivity index (χ2n) is 4.36. The Labute approximate surface area is 121 Å². The van der Waals surface area contributed by atoms with E-state index >= 15 is 0 Å². The Morgan fingerprint density at radius 3 is 2.84 bits per heavy atom. The number of thiazole rings is 1. The Morgan fingerprint density at radius 1 is 1.37 bits per heavy atom. The van der Waals surface area contributed by atoms with E-state index in [0.717, 1.165) is 11.4 Å². The average molecular weight is 292 g/mol. The number of thioether (sulfide) groups is 1. The molecule has 0 fully saturated rings. The van der Waals surface area contributed by atoms with Gasteiger partial charge in [-0.15, -0.1) is 23.1 Å². The zero-order valence-corrected chi connectivity index (χ0v) is 12.8. The van der Waals surface area contributed by atoms with Crippen molar-refractivity contribution < 1.29 is 4.79 Å². The lowest BCUT2D eigenvalue weighted by atomic mass is 10.1. The third-order valence-electron chi connectivity index (χ3n) is 2.70. The molecule has 1 aromatic heterocycles. The molecule has 0 spiro atoms. The number of benzene rings is 1. The maximum Gasteiger partial charge on any atom is 0.223 e. The number of carbonyl (C=O) groups excluding carboxylic acids is 1. The summed E-state index contributed by atoms with van der Waals surface area (Å²) in [5, 5.41) is 5.35. The highest BCUT2D eigenvalue weighted by Gasteiger charge is 2.04. The Morgan fingerprint density at radius 2 is 2.16 bits per heavy atom. The van der Waals surface area contributed by atoms with E-state index in [0.29, 0.717) is 5.13 Å². The Hall–Kier alpha value is -1.33. The van der Waals surface area contributed by atoms with Crippen LogP contribution in [-0.4, -0.2) is 10.9 Å². The molecule has 5 heteroatoms. The molecular weight excluding hydrogens is 276 g/mol. The summed E-state index contributed by atoms with van der Waals surface area (Å²) in [6.45, 7) is 5.73. The zero-order valence-electron chi connectivity index (χ0n) is 11.2. The van der Waals surface area contributed by atoms with Crippen molar-refractivity contribution in [1.82, 2.24) is 4.98 Å². The monoisotopic (exact) mass is 292 g/mol. The largest absolute Gasteiger partial charge is 0.302 e. The van der Waals surface area contributed by atoms with Gasteiger partial charge < -0.3 is 5.32 Å². The molecule has 0 saturated carbocycles. The normalized spacial score (nSPS) is 10.5. The third-order valence-corrected chi connectivity index (χ3v) is 4.53. The number of amides is 1. The number of nitrogens with one attached hydrogen (secondary N) is 1. The predicted octanol–water partition coefficient (Wildman–Crippen LogP) is 4.01. The van der Waals surface area contributed by atoms with Crippen LogP contribution in [0.15, 0.2) is 28.5 Å². The molecule has 0 bridgehead atoms. The fraction of sp³-hybridized carbons (Fsp3) is 0.286. The van der Waals surface area contributed by atoms with Gasteiger partial charge in [0.1, 0.15) is 0 Å². The van der Waals surface area contributed by atoms with Crippen LogP contribution in [0, 0.1) is 13.8 Å². The highest BCUT2D eigenvalue weighted by atomic mass is 32.2. The summed E-state index contributed by atoms with van der Waals surface area (Å²) in [7, 11) is 0. The van der Waals surface area contributed by atoms with E-state index in [1.807, 2.05) is 5.38 Å². The Balaban J connectivity index is 1.96. The van der Waals surface area contributed by atoms with Crippen molar-refractivity contribution in [1.29, 1.82) is 0 Å². The first-order valence-corrected chi connectivity index (χ1v) is 7.83. The van der Waals surface area contributed by atoms with Gasteiger partial charge in [-0.3, -0.25) is 4.79 Å². The second kappa shape index (κ2) is 6.21. The van der Waals surface area contributed by atoms with Gasteiger partial charge in [0.2, 0.25) is 5.91 Å². The molecule has 2 aromatic rings. The Bertz CT molecular complexity index is 593. The fourth-order valence-electron chi connectivity index (χ4n) is 1.54. The summed E-state index contributed by atoms with van der Waals surface area (Å²) in [6, 6.07) is 6.47. The number of aromatic nitrogens is 1. The highest BCUT2D eigenvalue weighted by Crippen LogP contribution is 2.26. The molecule has 0 unspecified atom stereocenters. The average Bonchev–Trinajstić information content (AvgIpc) is 2.77. The van der Waals surface area contributed by atoms with Crippen LogP contribution >= 0.6 is 23.1 Å². The van der Waals surface area contributed by atoms with Gasteiger partial charge in [0.05, 0.1) is 5.69 Å². The van der Waals surface area contributed by atoms with E-state index in [1.165, 1.54) is 34.3 Å². The van der Waals surface area contributed by atoms with Crippen LogP contribution < -0.4 is 5.32 Å². The first-order chi connectivity index (χ1) is 9.04. The molecule has 0 saturated heterocycles. The molecule has 1 amide bonds. The zero-order chi connectivity index (χ0) is 13.8. The number of carbonyl (C=O) groups is 1. The number of rotatable bonds is 4. The van der Waals surface area contributed by atoms with Gasteiger partial charge in [-0.1, -0.05) is 6.07 Å². The molecule has 1 N–H and O–H groups in total. The number of anilines is 1. The van der Waals surface area contributed by atoms with Crippen LogP contribution in [0.3, 0.4) is 0 Å². The maximum atomic E-state index is 10.9. The first-order valence-electron chi connectivity index (χ1n) is 5.96. The van der Waals surface area contributed by atoms with E-state index in [1.54, 1.807) is 11.8 Å². The van der Waals surface area contributed by atoms with E-state index in [4.69, 9.17) is 0 Å². The summed E-state index contributed by atoms with van der Waals surface area (Å²) in [5.74, 6) is 0.737. The lowest BCUT2D eigenvalue weighted by Crippen LogP contribution is -2.05. The maximum absolute atomic E-state index is 10.9. The molecule has 0 atom stereocenters. The number of hydrogen-bond acceptors (Lipinski definition) is 4. The minimum Gasteiger partial charge on any atom is -0.302 e. The number of aryl methyl sites for hydroxylation is 2. The minimum absolute atomic E-state index is 0.0808. The minimum atomic E-state index is -0.0808. The molecule has 1 heterocycles. The van der Waals surface area contributed by atoms with Crippen LogP contribution in [0.2, 0.25) is 0 Å². The van der Waals surface area contributed by atoms with Crippen molar-refractivity contribution >= 4 is 34.1 Å². The van der Waals surface area contributed by atoms with Gasteiger partial charge in [-0.05, 0) is 37.1 Å². The van der Waals surface area contributed by atoms with Crippen LogP contribution in [0.1, 0.15) is 23.7 Å². The SMILES string of the molecule is CC(=O)Nc1nc(CSc2ccc(C)c(C)c2)cs1. The summed E-state index contributed by atoms with van der Waals surface area (Å²) in [5.41, 5.74) is 3.62. The Kier molecular flexibility index (Phi) is 4.61. The summed E-state index contributed by atoms with van der Waals surface area (Å²) in [4.78, 5) is 16.5. The van der Waals surface area contributed by atoms with Crippen molar-refractivity contribution in [2.24, 2.45) is 0 Å². The van der Waals surface area contributed by atoms with E-state index in [-0.39, 0.29) is 5.91 Å². The van der Waals surface area contributed by atoms with E-state index in [2.05, 4.69) is 42.3 Å². The lowest BCUT2D eigenvalue weighted by molar-refractivity contribution is -0.114. The molecule has 2 rings (SSSR count). The second-order valence-corrected chi connectivity index (χ2v) is 6.27. The van der Waals surface area contributed by atoms with E-state index in [9.17, 15) is 4.79 Å². The highest BCUT2D eigenvalue weighted by molar-refractivity contribution is 7.98. The topological polar surface area (TPSA) is 42.0 Å². The molecule has 0 aliphatic heterocycles. The fourth-order valence-corrected chi connectivity index (χ4v) is 3.29. The molecule has 0 aliphatic carbocycles. The van der Waals surface area contributed by atoms with Crippen LogP contribution in [-0.2, 0) is 10.5 Å². The lowest BCUT2D eigenvalue weighted by Gasteiger charge is -2.03. The van der Waals surface area contributed by atoms with Crippen LogP contribution in [0.4, 0.5) is 5.13 Å². The predicted molar refractivity (Wildman–Crippen MR) is 81.9 cm³/mol. The molecule has 0 radical (unpaired) electrons. The summed E-state index contributed by atoms with van der Waals surface area (Å²) >= 11 is 3.22. The van der Waals surface area contributed by atoms with Gasteiger partial charge in [0.25, 0.3) is 0 Å². The molecule has 19 heavy (non-hydrogen) atoms. The molecule has 100 valence electrons. The molecule has 1 aromatic carbocycles. The first kappa shape index (κ1) is 14.1. The molecule has 3 nitrogen and oxygen atoms in total. The standard InChI is InChI=1S/C14H16N2OS2/c1-9-4-5-13(6-10(9)2)18-7-12-8-19-14(16-12)15-11(3)17/h4-6,8H,7H2,1-3H3,(H,15,16,17). The van der Waals surface area contributed by atoms with Crippen molar-refractivity contribution in [3.05, 3.63) is 40.4 Å². The third kappa shape index (κ3) is 4.08. The van der Waals surface area contributed by atoms with Gasteiger partial charge in [-0.2, -0.15) is 0 Å². The molecule has 0 aliphatic rings. The van der Waals surface area contributed by atoms with Gasteiger partial charge in [0, 0.05) is 23.0 Å². The van der Waals surface area contributed by atoms with Gasteiger partial charge in [-0.25, -0.2) is 4.98 Å². The number of hydrogen-bond donors (Lipinski definition) is 1. The van der Waals surface area contributed by atoms with Crippen molar-refractivity contribution in [3.63, 3.8) is 0 Å². The quantitative estimate of drug-likeness (QED) is 0.866. The van der Waals surface area contributed by atoms with Crippen LogP contribution in [0.25, 0.3) is 0 Å². The van der Waals surface area contributed by atoms with Crippen LogP contribution in [0.5, 0.6) is 0 Å². The smallest absolute Gasteiger partial charge is 0.223 e.